The molecule has 0 radical (unpaired) electrons. The van der Waals surface area contributed by atoms with Crippen molar-refractivity contribution in [1.82, 2.24) is 5.32 Å². The van der Waals surface area contributed by atoms with Crippen LogP contribution in [0, 0.1) is 0 Å². The predicted octanol–water partition coefficient (Wildman–Crippen LogP) is 2.41. The van der Waals surface area contributed by atoms with Crippen LogP contribution in [0.2, 0.25) is 0 Å². The second-order valence-electron chi connectivity index (χ2n) is 3.32. The summed E-state index contributed by atoms with van der Waals surface area (Å²) in [7, 11) is 0. The maximum absolute atomic E-state index is 5.76. The highest BCUT2D eigenvalue weighted by atomic mass is 32.2. The summed E-state index contributed by atoms with van der Waals surface area (Å²) in [4.78, 5) is 0. The van der Waals surface area contributed by atoms with Gasteiger partial charge >= 0.3 is 0 Å². The molecule has 0 bridgehead atoms. The smallest absolute Gasteiger partial charge is 0.122 e. The minimum absolute atomic E-state index is 0.290. The molecule has 1 aliphatic rings. The Kier molecular flexibility index (Phi) is 5.60. The number of rotatable bonds is 5. The molecule has 0 amide bonds. The summed E-state index contributed by atoms with van der Waals surface area (Å²) in [6.45, 7) is 8.26. The highest BCUT2D eigenvalue weighted by molar-refractivity contribution is 7.99. The maximum atomic E-state index is 5.76. The molecule has 2 nitrogen and oxygen atoms in total. The SMILES string of the molecule is CC=C1CCNC1C(OCC)SCC. The van der Waals surface area contributed by atoms with Crippen molar-refractivity contribution in [3.8, 4) is 0 Å². The van der Waals surface area contributed by atoms with Gasteiger partial charge in [-0.25, -0.2) is 0 Å². The lowest BCUT2D eigenvalue weighted by Gasteiger charge is -2.23. The molecule has 1 N–H and O–H groups in total. The number of hydrogen-bond acceptors (Lipinski definition) is 3. The largest absolute Gasteiger partial charge is 0.366 e. The van der Waals surface area contributed by atoms with Crippen LogP contribution in [0.3, 0.4) is 0 Å². The van der Waals surface area contributed by atoms with Gasteiger partial charge in [0.1, 0.15) is 5.44 Å². The van der Waals surface area contributed by atoms with Crippen molar-refractivity contribution in [3.05, 3.63) is 11.6 Å². The molecular weight excluding hydrogens is 194 g/mol. The Morgan fingerprint density at radius 3 is 3.00 bits per heavy atom. The van der Waals surface area contributed by atoms with Crippen molar-refractivity contribution in [2.75, 3.05) is 18.9 Å². The average molecular weight is 215 g/mol. The molecule has 0 saturated carbocycles. The van der Waals surface area contributed by atoms with Crippen LogP contribution in [-0.2, 0) is 4.74 Å². The summed E-state index contributed by atoms with van der Waals surface area (Å²) in [6.07, 6.45) is 3.40. The van der Waals surface area contributed by atoms with Gasteiger partial charge in [-0.1, -0.05) is 18.6 Å². The number of hydrogen-bond donors (Lipinski definition) is 1. The molecule has 1 saturated heterocycles. The lowest BCUT2D eigenvalue weighted by molar-refractivity contribution is 0.110. The van der Waals surface area contributed by atoms with E-state index < -0.39 is 0 Å². The first-order valence-corrected chi connectivity index (χ1v) is 6.50. The van der Waals surface area contributed by atoms with Crippen LogP contribution in [0.4, 0.5) is 0 Å². The van der Waals surface area contributed by atoms with Crippen LogP contribution in [0.25, 0.3) is 0 Å². The molecule has 1 aliphatic heterocycles. The van der Waals surface area contributed by atoms with E-state index in [2.05, 4.69) is 32.2 Å². The van der Waals surface area contributed by atoms with E-state index in [1.54, 1.807) is 0 Å². The van der Waals surface area contributed by atoms with Gasteiger partial charge < -0.3 is 10.1 Å². The van der Waals surface area contributed by atoms with Crippen LogP contribution in [0.5, 0.6) is 0 Å². The fourth-order valence-electron chi connectivity index (χ4n) is 1.82. The highest BCUT2D eigenvalue weighted by Crippen LogP contribution is 2.26. The van der Waals surface area contributed by atoms with Crippen molar-refractivity contribution in [3.63, 3.8) is 0 Å². The van der Waals surface area contributed by atoms with Crippen molar-refractivity contribution in [2.45, 2.75) is 38.7 Å². The number of nitrogens with one attached hydrogen (secondary N) is 1. The van der Waals surface area contributed by atoms with Crippen molar-refractivity contribution in [1.29, 1.82) is 0 Å². The van der Waals surface area contributed by atoms with E-state index in [0.29, 0.717) is 11.5 Å². The molecule has 0 aliphatic carbocycles. The molecular formula is C11H21NOS. The van der Waals surface area contributed by atoms with E-state index in [1.807, 2.05) is 11.8 Å². The molecule has 1 fully saturated rings. The zero-order chi connectivity index (χ0) is 10.4. The summed E-state index contributed by atoms with van der Waals surface area (Å²) in [5.41, 5.74) is 1.79. The Hall–Kier alpha value is 0.0100. The van der Waals surface area contributed by atoms with Crippen molar-refractivity contribution in [2.24, 2.45) is 0 Å². The molecule has 1 heterocycles. The molecule has 0 aromatic carbocycles. The van der Waals surface area contributed by atoms with Gasteiger partial charge in [-0.15, -0.1) is 11.8 Å². The van der Waals surface area contributed by atoms with Crippen LogP contribution in [0.1, 0.15) is 27.2 Å². The van der Waals surface area contributed by atoms with Crippen LogP contribution >= 0.6 is 11.8 Å². The summed E-state index contributed by atoms with van der Waals surface area (Å²) < 4.78 is 5.76. The minimum Gasteiger partial charge on any atom is -0.366 e. The topological polar surface area (TPSA) is 21.3 Å². The van der Waals surface area contributed by atoms with Gasteiger partial charge in [0.15, 0.2) is 0 Å². The van der Waals surface area contributed by atoms with Gasteiger partial charge in [-0.3, -0.25) is 0 Å². The van der Waals surface area contributed by atoms with E-state index in [4.69, 9.17) is 4.74 Å². The monoisotopic (exact) mass is 215 g/mol. The number of thioether (sulfide) groups is 1. The van der Waals surface area contributed by atoms with Crippen LogP contribution in [-0.4, -0.2) is 30.4 Å². The standard InChI is InChI=1S/C11H21NOS/c1-4-9-7-8-12-10(9)11(13-5-2)14-6-3/h4,10-12H,5-8H2,1-3H3. The fraction of sp³-hybridized carbons (Fsp3) is 0.818. The Bertz CT molecular complexity index is 188. The van der Waals surface area contributed by atoms with Crippen molar-refractivity contribution >= 4 is 11.8 Å². The van der Waals surface area contributed by atoms with E-state index in [0.717, 1.165) is 18.9 Å². The number of ether oxygens (including phenoxy) is 1. The Balaban J connectivity index is 2.56. The first kappa shape index (κ1) is 12.1. The first-order valence-electron chi connectivity index (χ1n) is 5.45. The van der Waals surface area contributed by atoms with Gasteiger partial charge in [0.2, 0.25) is 0 Å². The van der Waals surface area contributed by atoms with Crippen LogP contribution < -0.4 is 5.32 Å². The molecule has 3 heteroatoms. The summed E-state index contributed by atoms with van der Waals surface area (Å²) in [6, 6.07) is 0.435. The Morgan fingerprint density at radius 2 is 2.43 bits per heavy atom. The maximum Gasteiger partial charge on any atom is 0.122 e. The van der Waals surface area contributed by atoms with Gasteiger partial charge in [0.25, 0.3) is 0 Å². The third-order valence-electron chi connectivity index (χ3n) is 2.48. The fourth-order valence-corrected chi connectivity index (χ4v) is 2.85. The van der Waals surface area contributed by atoms with Gasteiger partial charge in [0, 0.05) is 6.61 Å². The zero-order valence-electron chi connectivity index (χ0n) is 9.38. The van der Waals surface area contributed by atoms with Gasteiger partial charge in [0.05, 0.1) is 6.04 Å². The Labute approximate surface area is 91.5 Å². The second kappa shape index (κ2) is 6.49. The van der Waals surface area contributed by atoms with Crippen LogP contribution in [0.15, 0.2) is 11.6 Å². The van der Waals surface area contributed by atoms with E-state index in [-0.39, 0.29) is 0 Å². The molecule has 82 valence electrons. The summed E-state index contributed by atoms with van der Waals surface area (Å²) in [5, 5.41) is 3.51. The molecule has 0 spiro atoms. The first-order chi connectivity index (χ1) is 6.83. The summed E-state index contributed by atoms with van der Waals surface area (Å²) >= 11 is 1.89. The molecule has 0 aromatic rings. The molecule has 0 aromatic heterocycles. The number of allylic oxidation sites excluding steroid dienone is 1. The molecule has 2 unspecified atom stereocenters. The highest BCUT2D eigenvalue weighted by Gasteiger charge is 2.28. The molecule has 1 rings (SSSR count). The van der Waals surface area contributed by atoms with E-state index in [1.165, 1.54) is 12.0 Å². The lowest BCUT2D eigenvalue weighted by atomic mass is 10.1. The Morgan fingerprint density at radius 1 is 1.64 bits per heavy atom. The van der Waals surface area contributed by atoms with Gasteiger partial charge in [-0.2, -0.15) is 0 Å². The van der Waals surface area contributed by atoms with E-state index in [9.17, 15) is 0 Å². The molecule has 2 atom stereocenters. The normalized spacial score (nSPS) is 27.1. The predicted molar refractivity (Wildman–Crippen MR) is 63.7 cm³/mol. The average Bonchev–Trinajstić information content (AvgIpc) is 2.65. The second-order valence-corrected chi connectivity index (χ2v) is 4.70. The molecule has 14 heavy (non-hydrogen) atoms. The van der Waals surface area contributed by atoms with Crippen molar-refractivity contribution < 1.29 is 4.74 Å². The lowest BCUT2D eigenvalue weighted by Crippen LogP contribution is -2.35. The third-order valence-corrected chi connectivity index (χ3v) is 3.55. The quantitative estimate of drug-likeness (QED) is 0.562. The zero-order valence-corrected chi connectivity index (χ0v) is 10.2. The summed E-state index contributed by atoms with van der Waals surface area (Å²) in [5.74, 6) is 1.11. The minimum atomic E-state index is 0.290. The third kappa shape index (κ3) is 3.01. The van der Waals surface area contributed by atoms with E-state index >= 15 is 0 Å². The van der Waals surface area contributed by atoms with Gasteiger partial charge in [-0.05, 0) is 32.6 Å².